The highest BCUT2D eigenvalue weighted by Gasteiger charge is 2.25. The van der Waals surface area contributed by atoms with Gasteiger partial charge in [-0.2, -0.15) is 0 Å². The van der Waals surface area contributed by atoms with Crippen molar-refractivity contribution >= 4 is 34.8 Å². The highest BCUT2D eigenvalue weighted by molar-refractivity contribution is 6.43. The van der Waals surface area contributed by atoms with Crippen LogP contribution in [0, 0.1) is 0 Å². The molecule has 1 heterocycles. The lowest BCUT2D eigenvalue weighted by Crippen LogP contribution is -2.29. The van der Waals surface area contributed by atoms with Crippen LogP contribution in [0.2, 0.25) is 0 Å². The molecule has 0 aromatic heterocycles. The van der Waals surface area contributed by atoms with Crippen LogP contribution in [-0.2, 0) is 14.4 Å². The van der Waals surface area contributed by atoms with Gasteiger partial charge in [-0.3, -0.25) is 14.4 Å². The van der Waals surface area contributed by atoms with E-state index < -0.39 is 11.8 Å². The first-order valence-electron chi connectivity index (χ1n) is 9.35. The number of nitrogens with one attached hydrogen (secondary N) is 2. The maximum absolute atomic E-state index is 12.2. The van der Waals surface area contributed by atoms with Crippen molar-refractivity contribution in [2.45, 2.75) is 19.8 Å². The van der Waals surface area contributed by atoms with Crippen molar-refractivity contribution in [1.29, 1.82) is 0 Å². The van der Waals surface area contributed by atoms with Crippen LogP contribution >= 0.6 is 0 Å². The molecule has 2 N–H and O–H groups in total. The van der Waals surface area contributed by atoms with Gasteiger partial charge in [-0.15, -0.1) is 0 Å². The Kier molecular flexibility index (Phi) is 6.33. The first-order chi connectivity index (χ1) is 14.0. The summed E-state index contributed by atoms with van der Waals surface area (Å²) in [6, 6.07) is 11.6. The number of nitrogens with zero attached hydrogens (tertiary/aromatic N) is 1. The standard InChI is InChI=1S/C21H23N3O5/c1-3-29-16-9-6-14(7-10-16)22-20(26)21(27)23-15-8-11-17(18(13-15)28-2)24-12-4-5-19(24)25/h6-11,13H,3-5,12H2,1-2H3,(H,22,26)(H,23,27). The lowest BCUT2D eigenvalue weighted by Gasteiger charge is -2.19. The maximum Gasteiger partial charge on any atom is 0.314 e. The number of hydrogen-bond acceptors (Lipinski definition) is 5. The van der Waals surface area contributed by atoms with Gasteiger partial charge >= 0.3 is 11.8 Å². The molecule has 29 heavy (non-hydrogen) atoms. The minimum atomic E-state index is -0.814. The van der Waals surface area contributed by atoms with Gasteiger partial charge in [-0.25, -0.2) is 0 Å². The molecule has 8 nitrogen and oxygen atoms in total. The first-order valence-corrected chi connectivity index (χ1v) is 9.35. The molecule has 0 aliphatic carbocycles. The zero-order chi connectivity index (χ0) is 20.8. The molecule has 8 heteroatoms. The average molecular weight is 397 g/mol. The predicted octanol–water partition coefficient (Wildman–Crippen LogP) is 2.80. The molecule has 3 amide bonds. The van der Waals surface area contributed by atoms with E-state index in [0.29, 0.717) is 48.1 Å². The third-order valence-corrected chi connectivity index (χ3v) is 4.43. The molecular weight excluding hydrogens is 374 g/mol. The minimum absolute atomic E-state index is 0.0369. The van der Waals surface area contributed by atoms with Crippen LogP contribution in [0.4, 0.5) is 17.1 Å². The molecule has 0 bridgehead atoms. The molecule has 0 unspecified atom stereocenters. The summed E-state index contributed by atoms with van der Waals surface area (Å²) < 4.78 is 10.7. The molecule has 0 radical (unpaired) electrons. The Morgan fingerprint density at radius 1 is 1.03 bits per heavy atom. The third kappa shape index (κ3) is 4.84. The van der Waals surface area contributed by atoms with Crippen LogP contribution in [0.5, 0.6) is 11.5 Å². The molecule has 1 saturated heterocycles. The van der Waals surface area contributed by atoms with Crippen molar-refractivity contribution in [3.05, 3.63) is 42.5 Å². The van der Waals surface area contributed by atoms with Crippen LogP contribution in [0.15, 0.2) is 42.5 Å². The summed E-state index contributed by atoms with van der Waals surface area (Å²) in [6.07, 6.45) is 1.31. The second-order valence-corrected chi connectivity index (χ2v) is 6.40. The van der Waals surface area contributed by atoms with Crippen molar-refractivity contribution < 1.29 is 23.9 Å². The Balaban J connectivity index is 1.64. The van der Waals surface area contributed by atoms with Crippen LogP contribution in [0.1, 0.15) is 19.8 Å². The van der Waals surface area contributed by atoms with Gasteiger partial charge in [0, 0.05) is 30.4 Å². The summed E-state index contributed by atoms with van der Waals surface area (Å²) in [4.78, 5) is 38.0. The fraction of sp³-hybridized carbons (Fsp3) is 0.286. The molecule has 1 aliphatic heterocycles. The highest BCUT2D eigenvalue weighted by atomic mass is 16.5. The number of anilines is 3. The number of carbonyl (C=O) groups is 3. The summed E-state index contributed by atoms with van der Waals surface area (Å²) in [5.41, 5.74) is 1.52. The summed E-state index contributed by atoms with van der Waals surface area (Å²) in [5.74, 6) is -0.448. The number of hydrogen-bond donors (Lipinski definition) is 2. The van der Waals surface area contributed by atoms with Crippen LogP contribution < -0.4 is 25.0 Å². The van der Waals surface area contributed by atoms with E-state index in [-0.39, 0.29) is 5.91 Å². The van der Waals surface area contributed by atoms with Gasteiger partial charge in [0.2, 0.25) is 5.91 Å². The second-order valence-electron chi connectivity index (χ2n) is 6.40. The Morgan fingerprint density at radius 2 is 1.69 bits per heavy atom. The van der Waals surface area contributed by atoms with Crippen LogP contribution in [0.25, 0.3) is 0 Å². The average Bonchev–Trinajstić information content (AvgIpc) is 3.15. The zero-order valence-corrected chi connectivity index (χ0v) is 16.4. The van der Waals surface area contributed by atoms with Gasteiger partial charge in [0.25, 0.3) is 0 Å². The monoisotopic (exact) mass is 397 g/mol. The minimum Gasteiger partial charge on any atom is -0.494 e. The molecule has 1 fully saturated rings. The molecular formula is C21H23N3O5. The van der Waals surface area contributed by atoms with E-state index in [4.69, 9.17) is 9.47 Å². The number of methoxy groups -OCH3 is 1. The number of rotatable bonds is 6. The fourth-order valence-corrected chi connectivity index (χ4v) is 3.06. The van der Waals surface area contributed by atoms with E-state index in [2.05, 4.69) is 10.6 Å². The topological polar surface area (TPSA) is 97.0 Å². The van der Waals surface area contributed by atoms with Gasteiger partial charge < -0.3 is 25.0 Å². The van der Waals surface area contributed by atoms with Gasteiger partial charge in [0.15, 0.2) is 0 Å². The lowest BCUT2D eigenvalue weighted by molar-refractivity contribution is -0.132. The largest absolute Gasteiger partial charge is 0.494 e. The number of carbonyl (C=O) groups excluding carboxylic acids is 3. The lowest BCUT2D eigenvalue weighted by atomic mass is 10.2. The molecule has 152 valence electrons. The third-order valence-electron chi connectivity index (χ3n) is 4.43. The second kappa shape index (κ2) is 9.09. The smallest absolute Gasteiger partial charge is 0.314 e. The molecule has 2 aromatic carbocycles. The Hall–Kier alpha value is -3.55. The summed E-state index contributed by atoms with van der Waals surface area (Å²) >= 11 is 0. The van der Waals surface area contributed by atoms with E-state index in [1.54, 1.807) is 47.4 Å². The van der Waals surface area contributed by atoms with Crippen molar-refractivity contribution in [1.82, 2.24) is 0 Å². The van der Waals surface area contributed by atoms with E-state index in [1.807, 2.05) is 6.92 Å². The van der Waals surface area contributed by atoms with Crippen molar-refractivity contribution in [3.63, 3.8) is 0 Å². The van der Waals surface area contributed by atoms with Crippen molar-refractivity contribution in [3.8, 4) is 11.5 Å². The van der Waals surface area contributed by atoms with E-state index in [9.17, 15) is 14.4 Å². The quantitative estimate of drug-likeness (QED) is 0.731. The number of amides is 3. The Morgan fingerprint density at radius 3 is 2.28 bits per heavy atom. The molecule has 0 spiro atoms. The van der Waals surface area contributed by atoms with E-state index in [0.717, 1.165) is 6.42 Å². The first kappa shape index (κ1) is 20.2. The van der Waals surface area contributed by atoms with Gasteiger partial charge in [0.05, 0.1) is 19.4 Å². The van der Waals surface area contributed by atoms with Crippen LogP contribution in [-0.4, -0.2) is 38.0 Å². The Labute approximate surface area is 168 Å². The summed E-state index contributed by atoms with van der Waals surface area (Å²) in [5, 5.41) is 5.07. The maximum atomic E-state index is 12.2. The molecule has 0 atom stereocenters. The SMILES string of the molecule is CCOc1ccc(NC(=O)C(=O)Nc2ccc(N3CCCC3=O)c(OC)c2)cc1. The number of ether oxygens (including phenoxy) is 2. The summed E-state index contributed by atoms with van der Waals surface area (Å²) in [6.45, 7) is 3.05. The van der Waals surface area contributed by atoms with Gasteiger partial charge in [0.1, 0.15) is 11.5 Å². The predicted molar refractivity (Wildman–Crippen MR) is 109 cm³/mol. The number of benzene rings is 2. The molecule has 2 aromatic rings. The zero-order valence-electron chi connectivity index (χ0n) is 16.4. The molecule has 0 saturated carbocycles. The highest BCUT2D eigenvalue weighted by Crippen LogP contribution is 2.33. The molecule has 1 aliphatic rings. The fourth-order valence-electron chi connectivity index (χ4n) is 3.06. The van der Waals surface area contributed by atoms with Gasteiger partial charge in [-0.1, -0.05) is 0 Å². The normalized spacial score (nSPS) is 13.2. The molecule has 3 rings (SSSR count). The van der Waals surface area contributed by atoms with E-state index in [1.165, 1.54) is 7.11 Å². The van der Waals surface area contributed by atoms with Gasteiger partial charge in [-0.05, 0) is 49.7 Å². The van der Waals surface area contributed by atoms with Crippen molar-refractivity contribution in [2.75, 3.05) is 35.8 Å². The van der Waals surface area contributed by atoms with Crippen molar-refractivity contribution in [2.24, 2.45) is 0 Å². The van der Waals surface area contributed by atoms with E-state index >= 15 is 0 Å². The summed E-state index contributed by atoms with van der Waals surface area (Å²) in [7, 11) is 1.49. The van der Waals surface area contributed by atoms with Crippen LogP contribution in [0.3, 0.4) is 0 Å². The Bertz CT molecular complexity index is 911.